The second-order valence-corrected chi connectivity index (χ2v) is 4.36. The van der Waals surface area contributed by atoms with Gasteiger partial charge in [0.25, 0.3) is 0 Å². The molecule has 5 heteroatoms. The number of benzene rings is 1. The smallest absolute Gasteiger partial charge is 0.408 e. The Balaban J connectivity index is 2.04. The molecule has 1 saturated heterocycles. The summed E-state index contributed by atoms with van der Waals surface area (Å²) in [5.41, 5.74) is 2.64. The summed E-state index contributed by atoms with van der Waals surface area (Å²) in [7, 11) is 1.72. The zero-order chi connectivity index (χ0) is 11.8. The molecule has 1 aliphatic heterocycles. The van der Waals surface area contributed by atoms with Gasteiger partial charge in [-0.1, -0.05) is 6.07 Å². The Hall–Kier alpha value is -1.59. The van der Waals surface area contributed by atoms with Crippen LogP contribution in [0.2, 0.25) is 0 Å². The fourth-order valence-electron chi connectivity index (χ4n) is 2.26. The quantitative estimate of drug-likeness (QED) is 0.747. The van der Waals surface area contributed by atoms with E-state index in [2.05, 4.69) is 10.6 Å². The van der Waals surface area contributed by atoms with E-state index >= 15 is 0 Å². The van der Waals surface area contributed by atoms with Crippen molar-refractivity contribution in [2.75, 3.05) is 19.6 Å². The van der Waals surface area contributed by atoms with E-state index in [4.69, 9.17) is 4.42 Å². The van der Waals surface area contributed by atoms with Crippen LogP contribution in [0.3, 0.4) is 0 Å². The highest BCUT2D eigenvalue weighted by Gasteiger charge is 2.15. The van der Waals surface area contributed by atoms with Gasteiger partial charge in [0.05, 0.1) is 5.52 Å². The summed E-state index contributed by atoms with van der Waals surface area (Å²) < 4.78 is 6.71. The highest BCUT2D eigenvalue weighted by Crippen LogP contribution is 2.19. The molecule has 0 aliphatic carbocycles. The second-order valence-electron chi connectivity index (χ2n) is 4.36. The molecule has 1 fully saturated rings. The molecule has 1 atom stereocenters. The lowest BCUT2D eigenvalue weighted by Gasteiger charge is -2.24. The van der Waals surface area contributed by atoms with E-state index in [0.717, 1.165) is 30.7 Å². The Bertz CT molecular complexity index is 593. The Morgan fingerprint density at radius 1 is 1.41 bits per heavy atom. The van der Waals surface area contributed by atoms with Crippen molar-refractivity contribution in [1.82, 2.24) is 15.2 Å². The molecule has 0 saturated carbocycles. The molecule has 1 unspecified atom stereocenters. The average Bonchev–Trinajstić information content (AvgIpc) is 2.66. The zero-order valence-corrected chi connectivity index (χ0v) is 9.69. The van der Waals surface area contributed by atoms with Gasteiger partial charge >= 0.3 is 5.76 Å². The van der Waals surface area contributed by atoms with E-state index < -0.39 is 0 Å². The van der Waals surface area contributed by atoms with Gasteiger partial charge < -0.3 is 15.1 Å². The number of aryl methyl sites for hydroxylation is 1. The van der Waals surface area contributed by atoms with Crippen LogP contribution >= 0.6 is 0 Å². The molecule has 1 aromatic carbocycles. The third kappa shape index (κ3) is 1.77. The first-order valence-electron chi connectivity index (χ1n) is 5.79. The molecule has 0 amide bonds. The van der Waals surface area contributed by atoms with Crippen molar-refractivity contribution >= 4 is 11.1 Å². The SMILES string of the molecule is Cn1c(=O)oc2cc(C3CNCCN3)ccc21. The highest BCUT2D eigenvalue weighted by molar-refractivity contribution is 5.73. The first-order chi connectivity index (χ1) is 8.25. The summed E-state index contributed by atoms with van der Waals surface area (Å²) in [5.74, 6) is -0.313. The maximum atomic E-state index is 11.4. The minimum Gasteiger partial charge on any atom is -0.408 e. The van der Waals surface area contributed by atoms with Crippen molar-refractivity contribution in [3.63, 3.8) is 0 Å². The highest BCUT2D eigenvalue weighted by atomic mass is 16.4. The first kappa shape index (κ1) is 10.6. The average molecular weight is 233 g/mol. The number of rotatable bonds is 1. The normalized spacial score (nSPS) is 20.9. The Kier molecular flexibility index (Phi) is 2.49. The van der Waals surface area contributed by atoms with Crippen LogP contribution in [0.1, 0.15) is 11.6 Å². The lowest BCUT2D eigenvalue weighted by atomic mass is 10.1. The van der Waals surface area contributed by atoms with E-state index in [1.54, 1.807) is 7.05 Å². The topological polar surface area (TPSA) is 59.2 Å². The van der Waals surface area contributed by atoms with Crippen molar-refractivity contribution in [1.29, 1.82) is 0 Å². The maximum absolute atomic E-state index is 11.4. The van der Waals surface area contributed by atoms with Gasteiger partial charge in [-0.25, -0.2) is 4.79 Å². The Morgan fingerprint density at radius 2 is 2.29 bits per heavy atom. The van der Waals surface area contributed by atoms with Crippen molar-refractivity contribution in [2.45, 2.75) is 6.04 Å². The third-order valence-electron chi connectivity index (χ3n) is 3.26. The second kappa shape index (κ2) is 4.01. The number of piperazine rings is 1. The van der Waals surface area contributed by atoms with Gasteiger partial charge in [0.15, 0.2) is 5.58 Å². The van der Waals surface area contributed by atoms with Crippen molar-refractivity contribution in [3.05, 3.63) is 34.3 Å². The third-order valence-corrected chi connectivity index (χ3v) is 3.26. The molecule has 0 radical (unpaired) electrons. The van der Waals surface area contributed by atoms with Gasteiger partial charge in [-0.05, 0) is 17.7 Å². The molecule has 5 nitrogen and oxygen atoms in total. The van der Waals surface area contributed by atoms with E-state index in [1.807, 2.05) is 18.2 Å². The van der Waals surface area contributed by atoms with Gasteiger partial charge in [0.1, 0.15) is 0 Å². The van der Waals surface area contributed by atoms with Crippen LogP contribution in [0.5, 0.6) is 0 Å². The van der Waals surface area contributed by atoms with Crippen molar-refractivity contribution < 1.29 is 4.42 Å². The molecule has 0 bridgehead atoms. The molecule has 1 aromatic heterocycles. The monoisotopic (exact) mass is 233 g/mol. The molecule has 2 aromatic rings. The molecular formula is C12H15N3O2. The summed E-state index contributed by atoms with van der Waals surface area (Å²) in [5, 5.41) is 6.77. The van der Waals surface area contributed by atoms with Gasteiger partial charge in [0, 0.05) is 32.7 Å². The van der Waals surface area contributed by atoms with Crippen LogP contribution < -0.4 is 16.4 Å². The van der Waals surface area contributed by atoms with Crippen LogP contribution in [0.15, 0.2) is 27.4 Å². The van der Waals surface area contributed by atoms with Crippen LogP contribution in [-0.4, -0.2) is 24.2 Å². The minimum atomic E-state index is -0.313. The molecule has 90 valence electrons. The molecule has 17 heavy (non-hydrogen) atoms. The van der Waals surface area contributed by atoms with Gasteiger partial charge in [-0.15, -0.1) is 0 Å². The zero-order valence-electron chi connectivity index (χ0n) is 9.69. The lowest BCUT2D eigenvalue weighted by Crippen LogP contribution is -2.42. The van der Waals surface area contributed by atoms with Crippen LogP contribution in [-0.2, 0) is 7.05 Å². The van der Waals surface area contributed by atoms with Gasteiger partial charge in [-0.2, -0.15) is 0 Å². The fraction of sp³-hybridized carbons (Fsp3) is 0.417. The summed E-state index contributed by atoms with van der Waals surface area (Å²) in [6, 6.07) is 6.22. The summed E-state index contributed by atoms with van der Waals surface area (Å²) in [6.45, 7) is 2.86. The predicted molar refractivity (Wildman–Crippen MR) is 65.1 cm³/mol. The Morgan fingerprint density at radius 3 is 3.06 bits per heavy atom. The van der Waals surface area contributed by atoms with E-state index in [1.165, 1.54) is 4.57 Å². The first-order valence-corrected chi connectivity index (χ1v) is 5.79. The molecule has 1 aliphatic rings. The van der Waals surface area contributed by atoms with Crippen molar-refractivity contribution in [3.8, 4) is 0 Å². The minimum absolute atomic E-state index is 0.290. The number of hydrogen-bond acceptors (Lipinski definition) is 4. The van der Waals surface area contributed by atoms with E-state index in [-0.39, 0.29) is 5.76 Å². The Labute approximate surface area is 98.4 Å². The van der Waals surface area contributed by atoms with E-state index in [0.29, 0.717) is 11.6 Å². The lowest BCUT2D eigenvalue weighted by molar-refractivity contribution is 0.430. The number of nitrogens with one attached hydrogen (secondary N) is 2. The van der Waals surface area contributed by atoms with Crippen LogP contribution in [0.25, 0.3) is 11.1 Å². The summed E-state index contributed by atoms with van der Waals surface area (Å²) >= 11 is 0. The summed E-state index contributed by atoms with van der Waals surface area (Å²) in [4.78, 5) is 11.4. The molecule has 2 heterocycles. The standard InChI is InChI=1S/C12H15N3O2/c1-15-10-3-2-8(6-11(10)17-12(15)16)9-7-13-4-5-14-9/h2-3,6,9,13-14H,4-5,7H2,1H3. The van der Waals surface area contributed by atoms with Gasteiger partial charge in [0.2, 0.25) is 0 Å². The number of nitrogens with zero attached hydrogens (tertiary/aromatic N) is 1. The van der Waals surface area contributed by atoms with Crippen LogP contribution in [0.4, 0.5) is 0 Å². The fourth-order valence-corrected chi connectivity index (χ4v) is 2.26. The number of oxazole rings is 1. The molecule has 0 spiro atoms. The molecular weight excluding hydrogens is 218 g/mol. The number of aromatic nitrogens is 1. The number of hydrogen-bond donors (Lipinski definition) is 2. The molecule has 3 rings (SSSR count). The van der Waals surface area contributed by atoms with Crippen molar-refractivity contribution in [2.24, 2.45) is 7.05 Å². The van der Waals surface area contributed by atoms with Crippen LogP contribution in [0, 0.1) is 0 Å². The largest absolute Gasteiger partial charge is 0.419 e. The number of fused-ring (bicyclic) bond motifs is 1. The molecule has 2 N–H and O–H groups in total. The predicted octanol–water partition coefficient (Wildman–Crippen LogP) is 0.365. The van der Waals surface area contributed by atoms with E-state index in [9.17, 15) is 4.79 Å². The maximum Gasteiger partial charge on any atom is 0.419 e. The van der Waals surface area contributed by atoms with Gasteiger partial charge in [-0.3, -0.25) is 4.57 Å². The summed E-state index contributed by atoms with van der Waals surface area (Å²) in [6.07, 6.45) is 0.